The molecule has 8 nitrogen and oxygen atoms in total. The SMILES string of the molecule is C=C(C)C(=O)OCC1OC(COC(O)(CC)CC)CC1OC(CC)(CC)N=O. The maximum Gasteiger partial charge on any atom is 0.333 e. The fraction of sp³-hybridized carbons (Fsp3) is 0.850. The quantitative estimate of drug-likeness (QED) is 0.218. The zero-order chi connectivity index (χ0) is 21.4. The van der Waals surface area contributed by atoms with Gasteiger partial charge in [-0.25, -0.2) is 4.79 Å². The molecule has 0 amide bonds. The molecule has 0 bridgehead atoms. The predicted molar refractivity (Wildman–Crippen MR) is 105 cm³/mol. The minimum atomic E-state index is -1.20. The van der Waals surface area contributed by atoms with Crippen molar-refractivity contribution in [2.24, 2.45) is 5.18 Å². The highest BCUT2D eigenvalue weighted by Gasteiger charge is 2.43. The van der Waals surface area contributed by atoms with Gasteiger partial charge in [-0.15, -0.1) is 4.91 Å². The van der Waals surface area contributed by atoms with E-state index >= 15 is 0 Å². The number of rotatable bonds is 13. The molecular formula is C20H35NO7. The van der Waals surface area contributed by atoms with E-state index in [2.05, 4.69) is 11.8 Å². The number of nitroso groups, excluding NO2 is 1. The Balaban J connectivity index is 2.83. The van der Waals surface area contributed by atoms with Gasteiger partial charge in [0.15, 0.2) is 11.5 Å². The Morgan fingerprint density at radius 2 is 1.79 bits per heavy atom. The molecule has 3 atom stereocenters. The zero-order valence-corrected chi connectivity index (χ0v) is 17.7. The number of carbonyl (C=O) groups is 1. The van der Waals surface area contributed by atoms with E-state index in [0.717, 1.165) is 0 Å². The molecule has 1 heterocycles. The highest BCUT2D eigenvalue weighted by atomic mass is 16.6. The van der Waals surface area contributed by atoms with Crippen molar-refractivity contribution in [1.29, 1.82) is 0 Å². The molecule has 8 heteroatoms. The number of nitrogens with zero attached hydrogens (tertiary/aromatic N) is 1. The van der Waals surface area contributed by atoms with Crippen molar-refractivity contribution >= 4 is 5.97 Å². The van der Waals surface area contributed by atoms with Crippen molar-refractivity contribution in [3.05, 3.63) is 17.1 Å². The molecule has 1 N–H and O–H groups in total. The van der Waals surface area contributed by atoms with Gasteiger partial charge in [0.1, 0.15) is 12.7 Å². The monoisotopic (exact) mass is 401 g/mol. The molecule has 28 heavy (non-hydrogen) atoms. The third kappa shape index (κ3) is 6.62. The van der Waals surface area contributed by atoms with Crippen LogP contribution in [0, 0.1) is 4.91 Å². The molecular weight excluding hydrogens is 366 g/mol. The normalized spacial score (nSPS) is 22.9. The van der Waals surface area contributed by atoms with E-state index in [0.29, 0.717) is 32.1 Å². The van der Waals surface area contributed by atoms with Crippen LogP contribution in [0.25, 0.3) is 0 Å². The van der Waals surface area contributed by atoms with Crippen molar-refractivity contribution in [3.8, 4) is 0 Å². The van der Waals surface area contributed by atoms with Crippen LogP contribution >= 0.6 is 0 Å². The summed E-state index contributed by atoms with van der Waals surface area (Å²) in [6.07, 6.45) is 0.798. The lowest BCUT2D eigenvalue weighted by atomic mass is 10.1. The first-order valence-corrected chi connectivity index (χ1v) is 10.0. The fourth-order valence-corrected chi connectivity index (χ4v) is 3.01. The Kier molecular flexibility index (Phi) is 9.69. The Morgan fingerprint density at radius 3 is 2.25 bits per heavy atom. The molecule has 0 radical (unpaired) electrons. The van der Waals surface area contributed by atoms with Crippen molar-refractivity contribution in [2.45, 2.75) is 96.5 Å². The van der Waals surface area contributed by atoms with Crippen LogP contribution in [0.5, 0.6) is 0 Å². The molecule has 0 spiro atoms. The molecule has 162 valence electrons. The van der Waals surface area contributed by atoms with Gasteiger partial charge in [-0.05, 0) is 37.8 Å². The molecule has 1 saturated heterocycles. The van der Waals surface area contributed by atoms with Crippen LogP contribution in [0.4, 0.5) is 0 Å². The van der Waals surface area contributed by atoms with Crippen LogP contribution in [0.15, 0.2) is 17.3 Å². The fourth-order valence-electron chi connectivity index (χ4n) is 3.01. The third-order valence-electron chi connectivity index (χ3n) is 5.29. The zero-order valence-electron chi connectivity index (χ0n) is 17.7. The van der Waals surface area contributed by atoms with Crippen molar-refractivity contribution in [3.63, 3.8) is 0 Å². The average molecular weight is 402 g/mol. The van der Waals surface area contributed by atoms with E-state index in [9.17, 15) is 14.8 Å². The summed E-state index contributed by atoms with van der Waals surface area (Å²) in [7, 11) is 0. The van der Waals surface area contributed by atoms with Gasteiger partial charge < -0.3 is 24.1 Å². The Labute approximate surface area is 167 Å². The van der Waals surface area contributed by atoms with Crippen molar-refractivity contribution in [2.75, 3.05) is 13.2 Å². The van der Waals surface area contributed by atoms with Crippen LogP contribution in [-0.4, -0.2) is 54.1 Å². The number of hydrogen-bond acceptors (Lipinski definition) is 8. The van der Waals surface area contributed by atoms with Crippen LogP contribution in [0.1, 0.15) is 66.7 Å². The first-order valence-electron chi connectivity index (χ1n) is 10.0. The molecule has 3 unspecified atom stereocenters. The lowest BCUT2D eigenvalue weighted by Gasteiger charge is -2.29. The summed E-state index contributed by atoms with van der Waals surface area (Å²) < 4.78 is 22.9. The van der Waals surface area contributed by atoms with Crippen LogP contribution in [0.3, 0.4) is 0 Å². The number of aliphatic hydroxyl groups is 1. The molecule has 0 saturated carbocycles. The molecule has 1 aliphatic rings. The second-order valence-corrected chi connectivity index (χ2v) is 7.28. The van der Waals surface area contributed by atoms with E-state index in [4.69, 9.17) is 18.9 Å². The first-order chi connectivity index (χ1) is 13.2. The van der Waals surface area contributed by atoms with Gasteiger partial charge in [0.2, 0.25) is 0 Å². The van der Waals surface area contributed by atoms with Crippen LogP contribution < -0.4 is 0 Å². The second-order valence-electron chi connectivity index (χ2n) is 7.28. The largest absolute Gasteiger partial charge is 0.459 e. The maximum absolute atomic E-state index is 11.7. The van der Waals surface area contributed by atoms with E-state index in [1.54, 1.807) is 6.92 Å². The Morgan fingerprint density at radius 1 is 1.18 bits per heavy atom. The molecule has 0 aromatic heterocycles. The molecule has 1 aliphatic heterocycles. The first kappa shape index (κ1) is 24.7. The standard InChI is InChI=1S/C20H35NO7/c1-7-19(8-2,21-24)28-16-11-15(12-26-20(23,9-3)10-4)27-17(16)13-25-18(22)14(5)6/h15-17,23H,5,7-13H2,1-4,6H3. The van der Waals surface area contributed by atoms with Gasteiger partial charge in [0, 0.05) is 12.0 Å². The summed E-state index contributed by atoms with van der Waals surface area (Å²) in [4.78, 5) is 23.1. The van der Waals surface area contributed by atoms with Gasteiger partial charge >= 0.3 is 5.97 Å². The molecule has 1 rings (SSSR count). The summed E-state index contributed by atoms with van der Waals surface area (Å²) in [6, 6.07) is 0. The lowest BCUT2D eigenvalue weighted by Crippen LogP contribution is -2.39. The summed E-state index contributed by atoms with van der Waals surface area (Å²) in [5.41, 5.74) is -0.856. The molecule has 0 aromatic carbocycles. The molecule has 1 fully saturated rings. The van der Waals surface area contributed by atoms with E-state index < -0.39 is 29.7 Å². The number of hydrogen-bond donors (Lipinski definition) is 1. The van der Waals surface area contributed by atoms with Crippen molar-refractivity contribution < 1.29 is 28.8 Å². The predicted octanol–water partition coefficient (Wildman–Crippen LogP) is 3.46. The van der Waals surface area contributed by atoms with Gasteiger partial charge in [-0.1, -0.05) is 34.3 Å². The van der Waals surface area contributed by atoms with Crippen LogP contribution in [0.2, 0.25) is 0 Å². The van der Waals surface area contributed by atoms with Gasteiger partial charge in [-0.2, -0.15) is 0 Å². The van der Waals surface area contributed by atoms with E-state index in [1.807, 2.05) is 27.7 Å². The summed E-state index contributed by atoms with van der Waals surface area (Å²) in [5.74, 6) is -1.72. The van der Waals surface area contributed by atoms with Crippen LogP contribution in [-0.2, 0) is 23.7 Å². The second kappa shape index (κ2) is 11.0. The summed E-state index contributed by atoms with van der Waals surface area (Å²) >= 11 is 0. The minimum absolute atomic E-state index is 0.0267. The van der Waals surface area contributed by atoms with Gasteiger partial charge in [0.05, 0.1) is 18.8 Å². The van der Waals surface area contributed by atoms with E-state index in [1.165, 1.54) is 0 Å². The van der Waals surface area contributed by atoms with Crippen molar-refractivity contribution in [1.82, 2.24) is 0 Å². The summed E-state index contributed by atoms with van der Waals surface area (Å²) in [5, 5.41) is 13.5. The van der Waals surface area contributed by atoms with E-state index in [-0.39, 0.29) is 24.9 Å². The Bertz CT molecular complexity index is 529. The number of ether oxygens (including phenoxy) is 4. The summed E-state index contributed by atoms with van der Waals surface area (Å²) in [6.45, 7) is 12.6. The van der Waals surface area contributed by atoms with Gasteiger partial charge in [-0.3, -0.25) is 0 Å². The maximum atomic E-state index is 11.7. The highest BCUT2D eigenvalue weighted by Crippen LogP contribution is 2.32. The number of esters is 1. The average Bonchev–Trinajstić information content (AvgIpc) is 3.09. The highest BCUT2D eigenvalue weighted by molar-refractivity contribution is 5.86. The molecule has 0 aliphatic carbocycles. The minimum Gasteiger partial charge on any atom is -0.459 e. The van der Waals surface area contributed by atoms with Gasteiger partial charge in [0.25, 0.3) is 0 Å². The smallest absolute Gasteiger partial charge is 0.333 e. The Hall–Kier alpha value is -1.35. The topological polar surface area (TPSA) is 104 Å². The molecule has 0 aromatic rings. The lowest BCUT2D eigenvalue weighted by molar-refractivity contribution is -0.221. The third-order valence-corrected chi connectivity index (χ3v) is 5.29. The number of carbonyl (C=O) groups excluding carboxylic acids is 1.